The predicted octanol–water partition coefficient (Wildman–Crippen LogP) is 1.93. The SMILES string of the molecule is Cn1cc(-c2cn3nccc3c(-c3cnn(C4(CC#N)CC(C#N)C4)c3)n2)nn1. The Hall–Kier alpha value is -4.05. The number of rotatable bonds is 4. The maximum atomic E-state index is 9.28. The van der Waals surface area contributed by atoms with Crippen LogP contribution in [0, 0.1) is 28.6 Å². The molecule has 4 aromatic rings. The minimum Gasteiger partial charge on any atom is -0.265 e. The van der Waals surface area contributed by atoms with E-state index in [2.05, 4.69) is 32.6 Å². The third-order valence-corrected chi connectivity index (χ3v) is 5.44. The molecule has 10 heteroatoms. The molecule has 1 fully saturated rings. The largest absolute Gasteiger partial charge is 0.265 e. The van der Waals surface area contributed by atoms with Crippen molar-refractivity contribution in [2.75, 3.05) is 0 Å². The lowest BCUT2D eigenvalue weighted by molar-refractivity contribution is 0.0882. The Kier molecular flexibility index (Phi) is 3.68. The standard InChI is InChI=1S/C19H16N10/c1-27-11-16(25-26-27)15-12-28-17(2-5-22-28)18(24-15)14-9-23-29(10-14)19(3-4-20)6-13(7-19)8-21/h2,5,9-13H,3,6-7H2,1H3. The number of aromatic nitrogens is 8. The molecule has 4 aromatic heterocycles. The van der Waals surface area contributed by atoms with Gasteiger partial charge in [-0.3, -0.25) is 9.36 Å². The van der Waals surface area contributed by atoms with E-state index in [9.17, 15) is 5.26 Å². The smallest absolute Gasteiger partial charge is 0.133 e. The summed E-state index contributed by atoms with van der Waals surface area (Å²) in [4.78, 5) is 4.80. The van der Waals surface area contributed by atoms with Gasteiger partial charge in [-0.15, -0.1) is 5.10 Å². The van der Waals surface area contributed by atoms with Gasteiger partial charge in [0.25, 0.3) is 0 Å². The molecule has 29 heavy (non-hydrogen) atoms. The minimum absolute atomic E-state index is 0.0318. The van der Waals surface area contributed by atoms with Crippen LogP contribution in [-0.4, -0.2) is 39.4 Å². The topological polar surface area (TPSA) is 126 Å². The van der Waals surface area contributed by atoms with E-state index < -0.39 is 5.54 Å². The second-order valence-electron chi connectivity index (χ2n) is 7.38. The summed E-state index contributed by atoms with van der Waals surface area (Å²) in [7, 11) is 1.80. The number of nitriles is 2. The summed E-state index contributed by atoms with van der Waals surface area (Å²) >= 11 is 0. The molecule has 0 aromatic carbocycles. The second-order valence-corrected chi connectivity index (χ2v) is 7.38. The molecule has 1 aliphatic carbocycles. The molecule has 0 saturated heterocycles. The summed E-state index contributed by atoms with van der Waals surface area (Å²) in [5, 5.41) is 35.4. The van der Waals surface area contributed by atoms with Crippen molar-refractivity contribution >= 4 is 5.52 Å². The van der Waals surface area contributed by atoms with Crippen molar-refractivity contribution in [2.45, 2.75) is 24.8 Å². The number of fused-ring (bicyclic) bond motifs is 1. The zero-order valence-corrected chi connectivity index (χ0v) is 15.6. The Morgan fingerprint density at radius 3 is 2.76 bits per heavy atom. The van der Waals surface area contributed by atoms with E-state index in [-0.39, 0.29) is 5.92 Å². The van der Waals surface area contributed by atoms with Gasteiger partial charge in [-0.05, 0) is 18.9 Å². The Bertz CT molecular complexity index is 1290. The molecule has 0 unspecified atom stereocenters. The van der Waals surface area contributed by atoms with Gasteiger partial charge in [0.15, 0.2) is 0 Å². The van der Waals surface area contributed by atoms with Crippen LogP contribution in [0.2, 0.25) is 0 Å². The third kappa shape index (κ3) is 2.65. The zero-order chi connectivity index (χ0) is 20.0. The zero-order valence-electron chi connectivity index (χ0n) is 15.6. The van der Waals surface area contributed by atoms with Crippen LogP contribution in [0.15, 0.2) is 37.1 Å². The summed E-state index contributed by atoms with van der Waals surface area (Å²) in [6, 6.07) is 6.41. The van der Waals surface area contributed by atoms with Gasteiger partial charge in [0.1, 0.15) is 11.4 Å². The summed E-state index contributed by atoms with van der Waals surface area (Å²) in [5.74, 6) is -0.0318. The van der Waals surface area contributed by atoms with Crippen molar-refractivity contribution in [3.05, 3.63) is 37.1 Å². The highest BCUT2D eigenvalue weighted by Gasteiger charge is 2.46. The van der Waals surface area contributed by atoms with Crippen LogP contribution in [0.5, 0.6) is 0 Å². The van der Waals surface area contributed by atoms with E-state index >= 15 is 0 Å². The van der Waals surface area contributed by atoms with Crippen molar-refractivity contribution in [3.63, 3.8) is 0 Å². The number of hydrogen-bond donors (Lipinski definition) is 0. The molecule has 0 N–H and O–H groups in total. The summed E-state index contributed by atoms with van der Waals surface area (Å²) in [5.41, 5.74) is 3.26. The molecule has 0 atom stereocenters. The summed E-state index contributed by atoms with van der Waals surface area (Å²) in [6.07, 6.45) is 10.6. The second kappa shape index (κ2) is 6.24. The molecule has 0 spiro atoms. The Morgan fingerprint density at radius 1 is 1.17 bits per heavy atom. The fourth-order valence-corrected chi connectivity index (χ4v) is 3.94. The molecule has 142 valence electrons. The number of nitrogens with zero attached hydrogens (tertiary/aromatic N) is 10. The number of aryl methyl sites for hydroxylation is 1. The van der Waals surface area contributed by atoms with Gasteiger partial charge in [-0.2, -0.15) is 20.7 Å². The van der Waals surface area contributed by atoms with Gasteiger partial charge in [-0.25, -0.2) is 9.50 Å². The first-order valence-electron chi connectivity index (χ1n) is 9.15. The maximum Gasteiger partial charge on any atom is 0.133 e. The average molecular weight is 384 g/mol. The Labute approximate surface area is 165 Å². The maximum absolute atomic E-state index is 9.28. The molecule has 10 nitrogen and oxygen atoms in total. The van der Waals surface area contributed by atoms with Gasteiger partial charge >= 0.3 is 0 Å². The fourth-order valence-electron chi connectivity index (χ4n) is 3.94. The van der Waals surface area contributed by atoms with Crippen LogP contribution in [0.4, 0.5) is 0 Å². The molecule has 0 bridgehead atoms. The normalized spacial score (nSPS) is 20.9. The van der Waals surface area contributed by atoms with Gasteiger partial charge in [-0.1, -0.05) is 5.21 Å². The van der Waals surface area contributed by atoms with Crippen LogP contribution < -0.4 is 0 Å². The molecule has 0 aliphatic heterocycles. The minimum atomic E-state index is -0.424. The van der Waals surface area contributed by atoms with E-state index in [0.29, 0.717) is 30.7 Å². The fraction of sp³-hybridized carbons (Fsp3) is 0.316. The lowest BCUT2D eigenvalue weighted by atomic mass is 9.67. The van der Waals surface area contributed by atoms with Crippen molar-refractivity contribution in [1.29, 1.82) is 10.5 Å². The Morgan fingerprint density at radius 2 is 2.03 bits per heavy atom. The molecule has 4 heterocycles. The van der Waals surface area contributed by atoms with Gasteiger partial charge in [0.05, 0.1) is 66.0 Å². The highest BCUT2D eigenvalue weighted by molar-refractivity contribution is 5.77. The summed E-state index contributed by atoms with van der Waals surface area (Å²) < 4.78 is 5.20. The van der Waals surface area contributed by atoms with Crippen molar-refractivity contribution in [1.82, 2.24) is 39.4 Å². The third-order valence-electron chi connectivity index (χ3n) is 5.44. The molecular formula is C19H16N10. The van der Waals surface area contributed by atoms with Gasteiger partial charge in [0.2, 0.25) is 0 Å². The summed E-state index contributed by atoms with van der Waals surface area (Å²) in [6.45, 7) is 0. The predicted molar refractivity (Wildman–Crippen MR) is 101 cm³/mol. The highest BCUT2D eigenvalue weighted by atomic mass is 15.4. The lowest BCUT2D eigenvalue weighted by Crippen LogP contribution is -2.46. The Balaban J connectivity index is 1.59. The van der Waals surface area contributed by atoms with E-state index in [1.165, 1.54) is 0 Å². The van der Waals surface area contributed by atoms with Crippen LogP contribution in [0.3, 0.4) is 0 Å². The van der Waals surface area contributed by atoms with Crippen molar-refractivity contribution in [3.8, 4) is 34.8 Å². The molecule has 5 rings (SSSR count). The highest BCUT2D eigenvalue weighted by Crippen LogP contribution is 2.46. The first kappa shape index (κ1) is 17.1. The monoisotopic (exact) mass is 384 g/mol. The van der Waals surface area contributed by atoms with E-state index in [0.717, 1.165) is 16.8 Å². The lowest BCUT2D eigenvalue weighted by Gasteiger charge is -2.43. The number of hydrogen-bond acceptors (Lipinski definition) is 7. The van der Waals surface area contributed by atoms with E-state index in [1.807, 2.05) is 23.1 Å². The van der Waals surface area contributed by atoms with E-state index in [1.54, 1.807) is 34.8 Å². The van der Waals surface area contributed by atoms with Crippen molar-refractivity contribution in [2.24, 2.45) is 13.0 Å². The molecular weight excluding hydrogens is 368 g/mol. The van der Waals surface area contributed by atoms with Crippen LogP contribution in [0.25, 0.3) is 28.2 Å². The molecule has 0 amide bonds. The van der Waals surface area contributed by atoms with Crippen LogP contribution >= 0.6 is 0 Å². The van der Waals surface area contributed by atoms with Crippen LogP contribution in [0.1, 0.15) is 19.3 Å². The molecule has 1 aliphatic rings. The first-order valence-corrected chi connectivity index (χ1v) is 9.15. The average Bonchev–Trinajstić information content (AvgIpc) is 3.43. The van der Waals surface area contributed by atoms with Crippen molar-refractivity contribution < 1.29 is 0 Å². The first-order chi connectivity index (χ1) is 14.1. The van der Waals surface area contributed by atoms with Crippen LogP contribution in [-0.2, 0) is 12.6 Å². The van der Waals surface area contributed by atoms with Gasteiger partial charge in [0, 0.05) is 18.8 Å². The quantitative estimate of drug-likeness (QED) is 0.526. The molecule has 1 saturated carbocycles. The van der Waals surface area contributed by atoms with Gasteiger partial charge < -0.3 is 0 Å². The molecule has 0 radical (unpaired) electrons. The van der Waals surface area contributed by atoms with E-state index in [4.69, 9.17) is 10.2 Å².